The van der Waals surface area contributed by atoms with Crippen molar-refractivity contribution in [1.82, 2.24) is 24.5 Å². The average molecular weight is 409 g/mol. The summed E-state index contributed by atoms with van der Waals surface area (Å²) in [5.74, 6) is -0.370. The van der Waals surface area contributed by atoms with Crippen molar-refractivity contribution in [2.45, 2.75) is 32.5 Å². The molecule has 30 heavy (non-hydrogen) atoms. The van der Waals surface area contributed by atoms with Gasteiger partial charge in [0, 0.05) is 49.7 Å². The SMILES string of the molecule is COc1ccc(CCn2nc(C(=O)O)c3c2CCN(C(=O)Cn2cccn2)C3)cc1. The standard InChI is InChI=1S/C21H23N5O4/c1-30-16-5-3-15(4-6-16)7-12-26-18-8-11-24(13-17(18)20(23-26)21(28)29)19(27)14-25-10-2-9-22-25/h2-6,9-10H,7-8,11-14H2,1H3,(H,28,29). The van der Waals surface area contributed by atoms with Crippen LogP contribution in [0.2, 0.25) is 0 Å². The van der Waals surface area contributed by atoms with E-state index in [2.05, 4.69) is 10.2 Å². The second kappa shape index (κ2) is 8.40. The number of ether oxygens (including phenoxy) is 1. The van der Waals surface area contributed by atoms with Crippen molar-refractivity contribution in [3.8, 4) is 5.75 Å². The number of aromatic nitrogens is 4. The van der Waals surface area contributed by atoms with Crippen molar-refractivity contribution in [2.24, 2.45) is 0 Å². The maximum absolute atomic E-state index is 12.6. The number of hydrogen-bond donors (Lipinski definition) is 1. The first-order chi connectivity index (χ1) is 14.5. The number of aromatic carboxylic acids is 1. The quantitative estimate of drug-likeness (QED) is 0.636. The topological polar surface area (TPSA) is 102 Å². The van der Waals surface area contributed by atoms with Gasteiger partial charge < -0.3 is 14.7 Å². The monoisotopic (exact) mass is 409 g/mol. The normalized spacial score (nSPS) is 13.2. The fourth-order valence-corrected chi connectivity index (χ4v) is 3.72. The summed E-state index contributed by atoms with van der Waals surface area (Å²) < 4.78 is 8.52. The number of methoxy groups -OCH3 is 1. The number of carboxylic acid groups (broad SMARTS) is 1. The van der Waals surface area contributed by atoms with Crippen molar-refractivity contribution in [2.75, 3.05) is 13.7 Å². The predicted molar refractivity (Wildman–Crippen MR) is 107 cm³/mol. The molecule has 0 saturated heterocycles. The number of carbonyl (C=O) groups is 2. The Morgan fingerprint density at radius 3 is 2.70 bits per heavy atom. The molecule has 0 bridgehead atoms. The molecule has 156 valence electrons. The molecular weight excluding hydrogens is 386 g/mol. The number of amides is 1. The molecule has 0 spiro atoms. The molecule has 0 fully saturated rings. The maximum atomic E-state index is 12.6. The fraction of sp³-hybridized carbons (Fsp3) is 0.333. The third-order valence-corrected chi connectivity index (χ3v) is 5.32. The van der Waals surface area contributed by atoms with Crippen molar-refractivity contribution < 1.29 is 19.4 Å². The van der Waals surface area contributed by atoms with Gasteiger partial charge in [-0.15, -0.1) is 0 Å². The van der Waals surface area contributed by atoms with E-state index in [-0.39, 0.29) is 24.7 Å². The Hall–Kier alpha value is -3.62. The number of hydrogen-bond acceptors (Lipinski definition) is 5. The number of benzene rings is 1. The minimum absolute atomic E-state index is 0.0244. The van der Waals surface area contributed by atoms with Crippen LogP contribution in [0, 0.1) is 0 Å². The molecule has 0 radical (unpaired) electrons. The second-order valence-electron chi connectivity index (χ2n) is 7.17. The van der Waals surface area contributed by atoms with Gasteiger partial charge in [0.15, 0.2) is 5.69 Å². The zero-order valence-corrected chi connectivity index (χ0v) is 16.7. The Morgan fingerprint density at radius 1 is 1.23 bits per heavy atom. The van der Waals surface area contributed by atoms with Gasteiger partial charge in [-0.05, 0) is 30.2 Å². The van der Waals surface area contributed by atoms with Gasteiger partial charge >= 0.3 is 5.97 Å². The number of fused-ring (bicyclic) bond motifs is 1. The fourth-order valence-electron chi connectivity index (χ4n) is 3.72. The van der Waals surface area contributed by atoms with Crippen molar-refractivity contribution >= 4 is 11.9 Å². The lowest BCUT2D eigenvalue weighted by atomic mass is 10.0. The molecule has 0 saturated carbocycles. The Labute approximate surface area is 173 Å². The average Bonchev–Trinajstić information content (AvgIpc) is 3.40. The number of nitrogens with zero attached hydrogens (tertiary/aromatic N) is 5. The van der Waals surface area contributed by atoms with E-state index >= 15 is 0 Å². The van der Waals surface area contributed by atoms with Gasteiger partial charge in [-0.25, -0.2) is 4.79 Å². The van der Waals surface area contributed by atoms with E-state index in [4.69, 9.17) is 4.74 Å². The lowest BCUT2D eigenvalue weighted by molar-refractivity contribution is -0.133. The first kappa shape index (κ1) is 19.7. The molecule has 3 aromatic rings. The van der Waals surface area contributed by atoms with E-state index in [0.717, 1.165) is 23.4 Å². The highest BCUT2D eigenvalue weighted by Crippen LogP contribution is 2.24. The van der Waals surface area contributed by atoms with Gasteiger partial charge in [0.2, 0.25) is 5.91 Å². The van der Waals surface area contributed by atoms with Crippen LogP contribution in [0.4, 0.5) is 0 Å². The maximum Gasteiger partial charge on any atom is 0.356 e. The van der Waals surface area contributed by atoms with Gasteiger partial charge in [0.05, 0.1) is 7.11 Å². The van der Waals surface area contributed by atoms with E-state index in [0.29, 0.717) is 25.1 Å². The van der Waals surface area contributed by atoms with Crippen molar-refractivity contribution in [3.63, 3.8) is 0 Å². The predicted octanol–water partition coefficient (Wildman–Crippen LogP) is 1.61. The molecule has 2 aromatic heterocycles. The van der Waals surface area contributed by atoms with E-state index < -0.39 is 5.97 Å². The molecule has 4 rings (SSSR count). The molecule has 1 N–H and O–H groups in total. The first-order valence-corrected chi connectivity index (χ1v) is 9.75. The van der Waals surface area contributed by atoms with Crippen LogP contribution >= 0.6 is 0 Å². The zero-order chi connectivity index (χ0) is 21.1. The lowest BCUT2D eigenvalue weighted by Crippen LogP contribution is -2.38. The molecule has 1 aliphatic rings. The number of aryl methyl sites for hydroxylation is 2. The summed E-state index contributed by atoms with van der Waals surface area (Å²) in [6, 6.07) is 9.54. The van der Waals surface area contributed by atoms with Crippen LogP contribution in [0.15, 0.2) is 42.7 Å². The van der Waals surface area contributed by atoms with Crippen LogP contribution in [0.1, 0.15) is 27.3 Å². The summed E-state index contributed by atoms with van der Waals surface area (Å²) in [4.78, 5) is 26.0. The molecule has 0 atom stereocenters. The van der Waals surface area contributed by atoms with Gasteiger partial charge in [0.25, 0.3) is 0 Å². The molecule has 1 amide bonds. The molecule has 0 unspecified atom stereocenters. The van der Waals surface area contributed by atoms with Crippen molar-refractivity contribution in [1.29, 1.82) is 0 Å². The Bertz CT molecular complexity index is 1040. The highest BCUT2D eigenvalue weighted by atomic mass is 16.5. The summed E-state index contributed by atoms with van der Waals surface area (Å²) >= 11 is 0. The third kappa shape index (κ3) is 4.05. The first-order valence-electron chi connectivity index (χ1n) is 9.75. The zero-order valence-electron chi connectivity index (χ0n) is 16.7. The largest absolute Gasteiger partial charge is 0.497 e. The van der Waals surface area contributed by atoms with Crippen LogP contribution in [0.25, 0.3) is 0 Å². The van der Waals surface area contributed by atoms with E-state index in [1.807, 2.05) is 24.3 Å². The van der Waals surface area contributed by atoms with Crippen LogP contribution in [-0.4, -0.2) is 55.1 Å². The molecule has 1 aromatic carbocycles. The van der Waals surface area contributed by atoms with Crippen LogP contribution < -0.4 is 4.74 Å². The summed E-state index contributed by atoms with van der Waals surface area (Å²) in [6.45, 7) is 1.49. The van der Waals surface area contributed by atoms with Crippen LogP contribution in [-0.2, 0) is 37.3 Å². The summed E-state index contributed by atoms with van der Waals surface area (Å²) in [5.41, 5.74) is 2.65. The Morgan fingerprint density at radius 2 is 2.03 bits per heavy atom. The molecule has 3 heterocycles. The van der Waals surface area contributed by atoms with Gasteiger partial charge in [0.1, 0.15) is 12.3 Å². The Kier molecular flexibility index (Phi) is 5.51. The molecule has 0 aliphatic carbocycles. The number of carbonyl (C=O) groups excluding carboxylic acids is 1. The highest BCUT2D eigenvalue weighted by molar-refractivity contribution is 5.88. The van der Waals surface area contributed by atoms with Crippen molar-refractivity contribution in [3.05, 3.63) is 65.2 Å². The molecular formula is C21H23N5O4. The smallest absolute Gasteiger partial charge is 0.356 e. The van der Waals surface area contributed by atoms with Gasteiger partial charge in [-0.3, -0.25) is 14.2 Å². The van der Waals surface area contributed by atoms with Crippen LogP contribution in [0.5, 0.6) is 5.75 Å². The Balaban J connectivity index is 1.49. The third-order valence-electron chi connectivity index (χ3n) is 5.32. The van der Waals surface area contributed by atoms with Gasteiger partial charge in [-0.2, -0.15) is 10.2 Å². The summed E-state index contributed by atoms with van der Waals surface area (Å²) in [7, 11) is 1.63. The van der Waals surface area contributed by atoms with Gasteiger partial charge in [-0.1, -0.05) is 12.1 Å². The lowest BCUT2D eigenvalue weighted by Gasteiger charge is -2.27. The van der Waals surface area contributed by atoms with E-state index in [1.54, 1.807) is 39.8 Å². The molecule has 9 nitrogen and oxygen atoms in total. The number of carboxylic acids is 1. The minimum Gasteiger partial charge on any atom is -0.497 e. The summed E-state index contributed by atoms with van der Waals surface area (Å²) in [5, 5.41) is 18.0. The minimum atomic E-state index is -1.07. The van der Waals surface area contributed by atoms with E-state index in [9.17, 15) is 14.7 Å². The van der Waals surface area contributed by atoms with Crippen LogP contribution in [0.3, 0.4) is 0 Å². The molecule has 9 heteroatoms. The highest BCUT2D eigenvalue weighted by Gasteiger charge is 2.30. The van der Waals surface area contributed by atoms with E-state index in [1.165, 1.54) is 0 Å². The summed E-state index contributed by atoms with van der Waals surface area (Å²) in [6.07, 6.45) is 4.65. The second-order valence-corrected chi connectivity index (χ2v) is 7.17. The molecule has 1 aliphatic heterocycles. The number of rotatable bonds is 7.